The maximum Gasteiger partial charge on any atom is 0.170 e. The Kier molecular flexibility index (Phi) is 4.72. The highest BCUT2D eigenvalue weighted by molar-refractivity contribution is 6.01. The molecule has 1 saturated heterocycles. The van der Waals surface area contributed by atoms with E-state index < -0.39 is 0 Å². The van der Waals surface area contributed by atoms with Crippen LogP contribution in [0.5, 0.6) is 5.75 Å². The molecule has 0 bridgehead atoms. The summed E-state index contributed by atoms with van der Waals surface area (Å²) in [5.74, 6) is 1.04. The predicted octanol–water partition coefficient (Wildman–Crippen LogP) is 3.48. The Hall–Kier alpha value is -1.35. The molecule has 1 aromatic carbocycles. The molecule has 2 rings (SSSR count). The number of ether oxygens (including phenoxy) is 1. The van der Waals surface area contributed by atoms with Crippen molar-refractivity contribution in [3.8, 4) is 5.75 Å². The number of piperidine rings is 1. The van der Waals surface area contributed by atoms with Gasteiger partial charge in [0.15, 0.2) is 5.78 Å². The van der Waals surface area contributed by atoms with E-state index in [9.17, 15) is 4.79 Å². The summed E-state index contributed by atoms with van der Waals surface area (Å²) in [6.45, 7) is 10.3. The van der Waals surface area contributed by atoms with Crippen LogP contribution in [0.15, 0.2) is 12.1 Å². The number of hydrogen-bond acceptors (Lipinski definition) is 3. The van der Waals surface area contributed by atoms with Crippen molar-refractivity contribution in [2.75, 3.05) is 20.2 Å². The van der Waals surface area contributed by atoms with Gasteiger partial charge in [0, 0.05) is 18.0 Å². The molecule has 0 aromatic heterocycles. The molecule has 116 valence electrons. The molecule has 0 saturated carbocycles. The van der Waals surface area contributed by atoms with Crippen LogP contribution in [0.1, 0.15) is 55.1 Å². The minimum absolute atomic E-state index is 0.0444. The van der Waals surface area contributed by atoms with Crippen molar-refractivity contribution in [3.63, 3.8) is 0 Å². The molecule has 21 heavy (non-hydrogen) atoms. The number of hydrogen-bond donors (Lipinski definition) is 1. The van der Waals surface area contributed by atoms with E-state index in [2.05, 4.69) is 32.2 Å². The van der Waals surface area contributed by atoms with E-state index in [1.165, 1.54) is 0 Å². The first kappa shape index (κ1) is 16.0. The van der Waals surface area contributed by atoms with E-state index in [-0.39, 0.29) is 17.1 Å². The lowest BCUT2D eigenvalue weighted by molar-refractivity contribution is 0.0896. The zero-order chi connectivity index (χ0) is 15.6. The molecule has 3 heteroatoms. The fourth-order valence-corrected chi connectivity index (χ4v) is 3.03. The molecule has 1 aliphatic heterocycles. The van der Waals surface area contributed by atoms with E-state index >= 15 is 0 Å². The zero-order valence-corrected chi connectivity index (χ0v) is 13.9. The number of carbonyl (C=O) groups is 1. The van der Waals surface area contributed by atoms with E-state index in [0.717, 1.165) is 48.4 Å². The number of methoxy groups -OCH3 is 1. The van der Waals surface area contributed by atoms with Gasteiger partial charge in [0.25, 0.3) is 0 Å². The molecule has 1 aliphatic rings. The van der Waals surface area contributed by atoms with Crippen LogP contribution in [0.3, 0.4) is 0 Å². The van der Waals surface area contributed by atoms with Gasteiger partial charge in [0.1, 0.15) is 5.75 Å². The molecule has 0 spiro atoms. The molecule has 0 radical (unpaired) electrons. The summed E-state index contributed by atoms with van der Waals surface area (Å²) in [7, 11) is 1.66. The maximum atomic E-state index is 12.9. The topological polar surface area (TPSA) is 38.3 Å². The Labute approximate surface area is 128 Å². The van der Waals surface area contributed by atoms with Gasteiger partial charge < -0.3 is 10.1 Å². The minimum Gasteiger partial charge on any atom is -0.496 e. The summed E-state index contributed by atoms with van der Waals surface area (Å²) in [6.07, 6.45) is 2.03. The summed E-state index contributed by atoms with van der Waals surface area (Å²) in [5.41, 5.74) is 2.93. The van der Waals surface area contributed by atoms with Gasteiger partial charge >= 0.3 is 0 Å². The Morgan fingerprint density at radius 2 is 2.05 bits per heavy atom. The highest BCUT2D eigenvalue weighted by Crippen LogP contribution is 2.36. The third-order valence-corrected chi connectivity index (χ3v) is 4.18. The van der Waals surface area contributed by atoms with Gasteiger partial charge in [0.05, 0.1) is 12.7 Å². The first-order chi connectivity index (χ1) is 9.84. The average molecular weight is 289 g/mol. The highest BCUT2D eigenvalue weighted by atomic mass is 16.5. The van der Waals surface area contributed by atoms with Gasteiger partial charge in [-0.15, -0.1) is 0 Å². The molecular formula is C18H27NO2. The monoisotopic (exact) mass is 289 g/mol. The van der Waals surface area contributed by atoms with E-state index in [0.29, 0.717) is 0 Å². The summed E-state index contributed by atoms with van der Waals surface area (Å²) in [4.78, 5) is 12.9. The van der Waals surface area contributed by atoms with Crippen LogP contribution in [0.4, 0.5) is 0 Å². The Morgan fingerprint density at radius 1 is 1.33 bits per heavy atom. The molecule has 1 N–H and O–H groups in total. The number of nitrogens with one attached hydrogen (secondary N) is 1. The number of ketones is 1. The van der Waals surface area contributed by atoms with Crippen LogP contribution in [0.25, 0.3) is 0 Å². The van der Waals surface area contributed by atoms with Gasteiger partial charge in [-0.1, -0.05) is 26.8 Å². The van der Waals surface area contributed by atoms with Crippen molar-refractivity contribution < 1.29 is 9.53 Å². The van der Waals surface area contributed by atoms with Gasteiger partial charge in [-0.3, -0.25) is 4.79 Å². The lowest BCUT2D eigenvalue weighted by atomic mass is 9.81. The standard InChI is InChI=1S/C18H27NO2/c1-12-9-14(16(20)13-7-6-8-19-11-13)17(21-5)15(10-12)18(2,3)4/h9-10,13,19H,6-8,11H2,1-5H3. The average Bonchev–Trinajstić information content (AvgIpc) is 2.45. The number of benzene rings is 1. The van der Waals surface area contributed by atoms with Crippen LogP contribution >= 0.6 is 0 Å². The van der Waals surface area contributed by atoms with Gasteiger partial charge in [-0.25, -0.2) is 0 Å². The van der Waals surface area contributed by atoms with Gasteiger partial charge in [0.2, 0.25) is 0 Å². The van der Waals surface area contributed by atoms with Gasteiger partial charge in [-0.2, -0.15) is 0 Å². The molecule has 1 unspecified atom stereocenters. The van der Waals surface area contributed by atoms with Crippen molar-refractivity contribution >= 4 is 5.78 Å². The van der Waals surface area contributed by atoms with E-state index in [4.69, 9.17) is 4.74 Å². The smallest absolute Gasteiger partial charge is 0.170 e. The fourth-order valence-electron chi connectivity index (χ4n) is 3.03. The lowest BCUT2D eigenvalue weighted by Crippen LogP contribution is -2.34. The number of Topliss-reactive ketones (excluding diaryl/α,β-unsaturated/α-hetero) is 1. The SMILES string of the molecule is COc1c(C(=O)C2CCCNC2)cc(C)cc1C(C)(C)C. The maximum absolute atomic E-state index is 12.9. The van der Waals surface area contributed by atoms with Crippen LogP contribution in [-0.2, 0) is 5.41 Å². The Morgan fingerprint density at radius 3 is 2.57 bits per heavy atom. The van der Waals surface area contributed by atoms with Crippen molar-refractivity contribution in [1.82, 2.24) is 5.32 Å². The zero-order valence-electron chi connectivity index (χ0n) is 13.9. The molecular weight excluding hydrogens is 262 g/mol. The van der Waals surface area contributed by atoms with Crippen molar-refractivity contribution in [1.29, 1.82) is 0 Å². The number of carbonyl (C=O) groups excluding carboxylic acids is 1. The number of aryl methyl sites for hydroxylation is 1. The first-order valence-electron chi connectivity index (χ1n) is 7.78. The minimum atomic E-state index is -0.0444. The molecule has 1 fully saturated rings. The second-order valence-corrected chi connectivity index (χ2v) is 7.05. The van der Waals surface area contributed by atoms with Crippen LogP contribution in [0.2, 0.25) is 0 Å². The summed E-state index contributed by atoms with van der Waals surface area (Å²) in [6, 6.07) is 4.11. The Bertz CT molecular complexity index is 523. The third-order valence-electron chi connectivity index (χ3n) is 4.18. The second-order valence-electron chi connectivity index (χ2n) is 7.05. The van der Waals surface area contributed by atoms with Crippen LogP contribution in [-0.4, -0.2) is 26.0 Å². The first-order valence-corrected chi connectivity index (χ1v) is 7.78. The predicted molar refractivity (Wildman–Crippen MR) is 86.4 cm³/mol. The largest absolute Gasteiger partial charge is 0.496 e. The van der Waals surface area contributed by atoms with Crippen molar-refractivity contribution in [2.45, 2.75) is 46.0 Å². The molecule has 1 heterocycles. The van der Waals surface area contributed by atoms with Gasteiger partial charge in [-0.05, 0) is 43.4 Å². The lowest BCUT2D eigenvalue weighted by Gasteiger charge is -2.27. The van der Waals surface area contributed by atoms with Crippen LogP contribution < -0.4 is 10.1 Å². The number of rotatable bonds is 3. The Balaban J connectivity index is 2.47. The highest BCUT2D eigenvalue weighted by Gasteiger charge is 2.28. The van der Waals surface area contributed by atoms with Crippen LogP contribution in [0, 0.1) is 12.8 Å². The molecule has 1 aromatic rings. The fraction of sp³-hybridized carbons (Fsp3) is 0.611. The molecule has 0 aliphatic carbocycles. The summed E-state index contributed by atoms with van der Waals surface area (Å²) >= 11 is 0. The normalized spacial score (nSPS) is 19.4. The summed E-state index contributed by atoms with van der Waals surface area (Å²) in [5, 5.41) is 3.32. The summed E-state index contributed by atoms with van der Waals surface area (Å²) < 4.78 is 5.63. The second kappa shape index (κ2) is 6.18. The van der Waals surface area contributed by atoms with Crippen molar-refractivity contribution in [3.05, 3.63) is 28.8 Å². The third kappa shape index (κ3) is 3.46. The molecule has 1 atom stereocenters. The quantitative estimate of drug-likeness (QED) is 0.866. The van der Waals surface area contributed by atoms with E-state index in [1.54, 1.807) is 7.11 Å². The van der Waals surface area contributed by atoms with Crippen molar-refractivity contribution in [2.24, 2.45) is 5.92 Å². The molecule has 0 amide bonds. The molecule has 3 nitrogen and oxygen atoms in total. The van der Waals surface area contributed by atoms with E-state index in [1.807, 2.05) is 13.0 Å².